The Kier molecular flexibility index (Phi) is 5.36. The number of nitrogen functional groups attached to an aromatic ring is 1. The number of benzene rings is 1. The predicted octanol–water partition coefficient (Wildman–Crippen LogP) is -0.0959. The summed E-state index contributed by atoms with van der Waals surface area (Å²) in [5.74, 6) is 0.188. The average Bonchev–Trinajstić information content (AvgIpc) is 2.70. The lowest BCUT2D eigenvalue weighted by Crippen LogP contribution is -2.25. The van der Waals surface area contributed by atoms with Crippen molar-refractivity contribution in [3.8, 4) is 11.5 Å². The monoisotopic (exact) mass is 385 g/mol. The van der Waals surface area contributed by atoms with Crippen molar-refractivity contribution in [1.82, 2.24) is 19.5 Å². The number of carbonyl (C=O) groups excluding carboxylic acids is 1. The number of nitrogens with one attached hydrogen (secondary N) is 1. The molecule has 0 bridgehead atoms. The molecule has 0 aliphatic heterocycles. The second-order valence-electron chi connectivity index (χ2n) is 5.71. The van der Waals surface area contributed by atoms with Gasteiger partial charge in [0.1, 0.15) is 12.1 Å². The minimum Gasteiger partial charge on any atom is -0.491 e. The Morgan fingerprint density at radius 3 is 2.64 bits per heavy atom. The van der Waals surface area contributed by atoms with Crippen molar-refractivity contribution in [3.63, 3.8) is 0 Å². The molecule has 1 amide bonds. The van der Waals surface area contributed by atoms with Gasteiger partial charge in [-0.05, 0) is 12.1 Å². The molecule has 0 atom stereocenters. The highest BCUT2D eigenvalue weighted by Gasteiger charge is 2.18. The van der Waals surface area contributed by atoms with Crippen LogP contribution in [0.4, 0.5) is 11.9 Å². The van der Waals surface area contributed by atoms with Crippen LogP contribution in [-0.4, -0.2) is 45.7 Å². The average molecular weight is 385 g/mol. The van der Waals surface area contributed by atoms with E-state index in [2.05, 4.69) is 20.3 Å². The largest absolute Gasteiger partial charge is 0.491 e. The van der Waals surface area contributed by atoms with Gasteiger partial charge in [0, 0.05) is 26.0 Å². The fraction of sp³-hybridized carbons (Fsp3) is 0.235. The summed E-state index contributed by atoms with van der Waals surface area (Å²) in [7, 11) is 2.93. The number of hydrogen-bond acceptors (Lipinski definition) is 9. The first-order valence-electron chi connectivity index (χ1n) is 8.25. The molecule has 146 valence electrons. The van der Waals surface area contributed by atoms with Crippen molar-refractivity contribution < 1.29 is 14.3 Å². The number of aromatic nitrogens is 4. The summed E-state index contributed by atoms with van der Waals surface area (Å²) in [6, 6.07) is 3.20. The van der Waals surface area contributed by atoms with Gasteiger partial charge in [0.05, 0.1) is 18.1 Å². The van der Waals surface area contributed by atoms with Gasteiger partial charge in [-0.15, -0.1) is 0 Å². The van der Waals surface area contributed by atoms with E-state index in [1.54, 1.807) is 12.1 Å². The van der Waals surface area contributed by atoms with Crippen LogP contribution in [0, 0.1) is 0 Å². The SMILES string of the molecule is COc1c(OCCN)ccc2c(=O)n(C)c(NC(=O)c3cnc(N)nc3)nc12. The second-order valence-corrected chi connectivity index (χ2v) is 5.71. The number of nitrogens with zero attached hydrogens (tertiary/aromatic N) is 4. The van der Waals surface area contributed by atoms with E-state index >= 15 is 0 Å². The van der Waals surface area contributed by atoms with Gasteiger partial charge >= 0.3 is 0 Å². The molecule has 28 heavy (non-hydrogen) atoms. The fourth-order valence-electron chi connectivity index (χ4n) is 2.51. The predicted molar refractivity (Wildman–Crippen MR) is 102 cm³/mol. The zero-order valence-corrected chi connectivity index (χ0v) is 15.3. The minimum atomic E-state index is -0.545. The summed E-state index contributed by atoms with van der Waals surface area (Å²) in [5.41, 5.74) is 10.9. The number of rotatable bonds is 6. The summed E-state index contributed by atoms with van der Waals surface area (Å²) < 4.78 is 12.1. The van der Waals surface area contributed by atoms with Crippen molar-refractivity contribution >= 4 is 28.7 Å². The highest BCUT2D eigenvalue weighted by molar-refractivity contribution is 6.03. The number of amides is 1. The molecular formula is C17H19N7O4. The van der Waals surface area contributed by atoms with Crippen LogP contribution in [0.5, 0.6) is 11.5 Å². The smallest absolute Gasteiger partial charge is 0.262 e. The van der Waals surface area contributed by atoms with Gasteiger partial charge in [-0.1, -0.05) is 0 Å². The lowest BCUT2D eigenvalue weighted by atomic mass is 10.2. The molecule has 0 aliphatic rings. The lowest BCUT2D eigenvalue weighted by Gasteiger charge is -2.14. The maximum atomic E-state index is 12.7. The van der Waals surface area contributed by atoms with E-state index in [4.69, 9.17) is 20.9 Å². The van der Waals surface area contributed by atoms with Gasteiger partial charge in [-0.25, -0.2) is 15.0 Å². The normalized spacial score (nSPS) is 10.7. The van der Waals surface area contributed by atoms with Crippen LogP contribution in [0.2, 0.25) is 0 Å². The fourth-order valence-corrected chi connectivity index (χ4v) is 2.51. The van der Waals surface area contributed by atoms with Crippen LogP contribution in [0.3, 0.4) is 0 Å². The zero-order chi connectivity index (χ0) is 20.3. The van der Waals surface area contributed by atoms with Gasteiger partial charge in [0.15, 0.2) is 11.5 Å². The molecule has 0 fully saturated rings. The topological polar surface area (TPSA) is 160 Å². The molecule has 0 saturated carbocycles. The third-order valence-corrected chi connectivity index (χ3v) is 3.90. The number of anilines is 2. The van der Waals surface area contributed by atoms with Crippen LogP contribution in [0.1, 0.15) is 10.4 Å². The molecular weight excluding hydrogens is 366 g/mol. The molecule has 3 aromatic rings. The highest BCUT2D eigenvalue weighted by Crippen LogP contribution is 2.33. The molecule has 11 heteroatoms. The molecule has 0 radical (unpaired) electrons. The first-order valence-corrected chi connectivity index (χ1v) is 8.25. The third kappa shape index (κ3) is 3.55. The maximum Gasteiger partial charge on any atom is 0.262 e. The molecule has 2 aromatic heterocycles. The maximum absolute atomic E-state index is 12.7. The molecule has 1 aromatic carbocycles. The van der Waals surface area contributed by atoms with Crippen molar-refractivity contribution in [2.75, 3.05) is 31.3 Å². The van der Waals surface area contributed by atoms with Gasteiger partial charge in [-0.2, -0.15) is 0 Å². The summed E-state index contributed by atoms with van der Waals surface area (Å²) in [5, 5.41) is 2.88. The van der Waals surface area contributed by atoms with Gasteiger partial charge in [0.2, 0.25) is 11.9 Å². The number of ether oxygens (including phenoxy) is 2. The lowest BCUT2D eigenvalue weighted by molar-refractivity contribution is 0.102. The molecule has 0 saturated heterocycles. The van der Waals surface area contributed by atoms with E-state index in [9.17, 15) is 9.59 Å². The molecule has 11 nitrogen and oxygen atoms in total. The van der Waals surface area contributed by atoms with E-state index in [1.807, 2.05) is 0 Å². The minimum absolute atomic E-state index is 0.0219. The zero-order valence-electron chi connectivity index (χ0n) is 15.3. The summed E-state index contributed by atoms with van der Waals surface area (Å²) in [4.78, 5) is 37.1. The first kappa shape index (κ1) is 19.0. The summed E-state index contributed by atoms with van der Waals surface area (Å²) >= 11 is 0. The number of nitrogens with two attached hydrogens (primary N) is 2. The van der Waals surface area contributed by atoms with Crippen molar-refractivity contribution in [2.45, 2.75) is 0 Å². The van der Waals surface area contributed by atoms with Crippen molar-refractivity contribution in [2.24, 2.45) is 12.8 Å². The van der Waals surface area contributed by atoms with Gasteiger partial charge < -0.3 is 20.9 Å². The quantitative estimate of drug-likeness (QED) is 0.526. The Hall–Kier alpha value is -3.73. The van der Waals surface area contributed by atoms with Crippen LogP contribution < -0.4 is 31.8 Å². The van der Waals surface area contributed by atoms with Crippen LogP contribution in [0.25, 0.3) is 10.9 Å². The van der Waals surface area contributed by atoms with E-state index in [0.717, 1.165) is 0 Å². The van der Waals surface area contributed by atoms with E-state index in [0.29, 0.717) is 17.7 Å². The van der Waals surface area contributed by atoms with E-state index < -0.39 is 5.91 Å². The van der Waals surface area contributed by atoms with Gasteiger partial charge in [-0.3, -0.25) is 19.5 Å². The molecule has 0 unspecified atom stereocenters. The van der Waals surface area contributed by atoms with E-state index in [1.165, 1.54) is 31.1 Å². The first-order chi connectivity index (χ1) is 13.5. The standard InChI is InChI=1S/C17H19N7O4/c1-24-15(26)10-3-4-11(28-6-5-18)13(27-2)12(10)22-17(24)23-14(25)9-7-20-16(19)21-8-9/h3-4,7-8H,5-6,18H2,1-2H3,(H2,19,20,21)(H,22,23,25). The Morgan fingerprint density at radius 2 is 2.00 bits per heavy atom. The second kappa shape index (κ2) is 7.88. The number of fused-ring (bicyclic) bond motifs is 1. The summed E-state index contributed by atoms with van der Waals surface area (Å²) in [6.07, 6.45) is 2.55. The van der Waals surface area contributed by atoms with Crippen molar-refractivity contribution in [1.29, 1.82) is 0 Å². The Morgan fingerprint density at radius 1 is 1.29 bits per heavy atom. The number of methoxy groups -OCH3 is 1. The molecule has 2 heterocycles. The molecule has 5 N–H and O–H groups in total. The van der Waals surface area contributed by atoms with E-state index in [-0.39, 0.29) is 40.9 Å². The molecule has 3 rings (SSSR count). The van der Waals surface area contributed by atoms with Crippen LogP contribution >= 0.6 is 0 Å². The summed E-state index contributed by atoms with van der Waals surface area (Å²) in [6.45, 7) is 0.587. The molecule has 0 aliphatic carbocycles. The molecule has 0 spiro atoms. The highest BCUT2D eigenvalue weighted by atomic mass is 16.5. The Balaban J connectivity index is 2.07. The van der Waals surface area contributed by atoms with Crippen LogP contribution in [-0.2, 0) is 7.05 Å². The van der Waals surface area contributed by atoms with Crippen LogP contribution in [0.15, 0.2) is 29.3 Å². The number of hydrogen-bond donors (Lipinski definition) is 3. The third-order valence-electron chi connectivity index (χ3n) is 3.90. The Bertz CT molecular complexity index is 1080. The Labute approximate surface area is 159 Å². The van der Waals surface area contributed by atoms with Crippen molar-refractivity contribution in [3.05, 3.63) is 40.4 Å². The van der Waals surface area contributed by atoms with Gasteiger partial charge in [0.25, 0.3) is 11.5 Å². The number of carbonyl (C=O) groups is 1.